The standard InChI is InChI=1S/C14H20ClFN2O/c1-3-17-9-13-14(18(2)6-7-19-13)10-4-5-11(15)12(16)8-10/h4-5,8,13-14,17H,3,6-7,9H2,1-2H3. The number of morpholine rings is 1. The third kappa shape index (κ3) is 3.45. The molecule has 1 aliphatic heterocycles. The molecular formula is C14H20ClFN2O. The number of ether oxygens (including phenoxy) is 1. The van der Waals surface area contributed by atoms with Crippen molar-refractivity contribution in [3.8, 4) is 0 Å². The van der Waals surface area contributed by atoms with Crippen LogP contribution in [0.3, 0.4) is 0 Å². The topological polar surface area (TPSA) is 24.5 Å². The molecule has 106 valence electrons. The van der Waals surface area contributed by atoms with E-state index in [0.29, 0.717) is 6.61 Å². The molecule has 1 saturated heterocycles. The maximum Gasteiger partial charge on any atom is 0.142 e. The summed E-state index contributed by atoms with van der Waals surface area (Å²) in [5, 5.41) is 3.45. The predicted molar refractivity (Wildman–Crippen MR) is 75.1 cm³/mol. The second-order valence-corrected chi connectivity index (χ2v) is 5.22. The highest BCUT2D eigenvalue weighted by atomic mass is 35.5. The lowest BCUT2D eigenvalue weighted by Crippen LogP contribution is -2.47. The number of hydrogen-bond donors (Lipinski definition) is 1. The molecule has 0 aromatic heterocycles. The van der Waals surface area contributed by atoms with E-state index in [1.165, 1.54) is 6.07 Å². The van der Waals surface area contributed by atoms with Crippen LogP contribution < -0.4 is 5.32 Å². The molecule has 2 unspecified atom stereocenters. The van der Waals surface area contributed by atoms with E-state index in [0.717, 1.165) is 25.2 Å². The molecule has 0 saturated carbocycles. The Kier molecular flexibility index (Phi) is 5.16. The lowest BCUT2D eigenvalue weighted by molar-refractivity contribution is -0.0612. The normalized spacial score (nSPS) is 24.6. The van der Waals surface area contributed by atoms with Gasteiger partial charge in [0.25, 0.3) is 0 Å². The minimum atomic E-state index is -0.375. The average Bonchev–Trinajstić information content (AvgIpc) is 2.40. The Balaban J connectivity index is 2.22. The molecule has 1 fully saturated rings. The summed E-state index contributed by atoms with van der Waals surface area (Å²) < 4.78 is 19.5. The van der Waals surface area contributed by atoms with Crippen LogP contribution in [0.25, 0.3) is 0 Å². The smallest absolute Gasteiger partial charge is 0.142 e. The Hall–Kier alpha value is -0.680. The number of nitrogens with zero attached hydrogens (tertiary/aromatic N) is 1. The van der Waals surface area contributed by atoms with Crippen LogP contribution in [0, 0.1) is 5.82 Å². The largest absolute Gasteiger partial charge is 0.374 e. The van der Waals surface area contributed by atoms with Gasteiger partial charge in [-0.1, -0.05) is 24.6 Å². The van der Waals surface area contributed by atoms with Crippen molar-refractivity contribution in [3.63, 3.8) is 0 Å². The average molecular weight is 287 g/mol. The molecule has 0 bridgehead atoms. The molecule has 2 rings (SSSR count). The number of nitrogens with one attached hydrogen (secondary N) is 1. The minimum absolute atomic E-state index is 0.0271. The quantitative estimate of drug-likeness (QED) is 0.920. The summed E-state index contributed by atoms with van der Waals surface area (Å²) in [6, 6.07) is 5.05. The Morgan fingerprint density at radius 1 is 1.53 bits per heavy atom. The highest BCUT2D eigenvalue weighted by Gasteiger charge is 2.31. The first-order valence-corrected chi connectivity index (χ1v) is 6.98. The Morgan fingerprint density at radius 3 is 3.00 bits per heavy atom. The van der Waals surface area contributed by atoms with Crippen LogP contribution in [-0.4, -0.2) is 44.3 Å². The van der Waals surface area contributed by atoms with E-state index < -0.39 is 0 Å². The summed E-state index contributed by atoms with van der Waals surface area (Å²) in [4.78, 5) is 2.20. The molecule has 1 aromatic rings. The van der Waals surface area contributed by atoms with Crippen LogP contribution in [0.1, 0.15) is 18.5 Å². The first-order valence-electron chi connectivity index (χ1n) is 6.61. The number of hydrogen-bond acceptors (Lipinski definition) is 3. The first-order chi connectivity index (χ1) is 9.13. The number of rotatable bonds is 4. The van der Waals surface area contributed by atoms with Crippen molar-refractivity contribution >= 4 is 11.6 Å². The summed E-state index contributed by atoms with van der Waals surface area (Å²) in [5.41, 5.74) is 0.909. The molecule has 0 radical (unpaired) electrons. The molecule has 19 heavy (non-hydrogen) atoms. The first kappa shape index (κ1) is 14.7. The number of likely N-dealkylation sites (N-methyl/N-ethyl adjacent to an activating group) is 2. The molecule has 5 heteroatoms. The Morgan fingerprint density at radius 2 is 2.32 bits per heavy atom. The summed E-state index contributed by atoms with van der Waals surface area (Å²) >= 11 is 5.74. The van der Waals surface area contributed by atoms with Crippen molar-refractivity contribution in [2.45, 2.75) is 19.1 Å². The van der Waals surface area contributed by atoms with Gasteiger partial charge in [-0.15, -0.1) is 0 Å². The summed E-state index contributed by atoms with van der Waals surface area (Å²) in [7, 11) is 2.04. The fourth-order valence-electron chi connectivity index (χ4n) is 2.48. The molecule has 1 heterocycles. The Labute approximate surface area is 118 Å². The fraction of sp³-hybridized carbons (Fsp3) is 0.571. The molecule has 1 N–H and O–H groups in total. The van der Waals surface area contributed by atoms with Gasteiger partial charge in [-0.3, -0.25) is 4.90 Å². The van der Waals surface area contributed by atoms with E-state index in [-0.39, 0.29) is 23.0 Å². The third-order valence-corrected chi connectivity index (χ3v) is 3.79. The molecular weight excluding hydrogens is 267 g/mol. The van der Waals surface area contributed by atoms with Crippen LogP contribution in [0.5, 0.6) is 0 Å². The van der Waals surface area contributed by atoms with Crippen molar-refractivity contribution in [3.05, 3.63) is 34.6 Å². The maximum absolute atomic E-state index is 13.6. The van der Waals surface area contributed by atoms with Gasteiger partial charge < -0.3 is 10.1 Å². The van der Waals surface area contributed by atoms with Crippen molar-refractivity contribution in [2.24, 2.45) is 0 Å². The fourth-order valence-corrected chi connectivity index (χ4v) is 2.60. The molecule has 2 atom stereocenters. The Bertz CT molecular complexity index is 430. The third-order valence-electron chi connectivity index (χ3n) is 3.48. The van der Waals surface area contributed by atoms with Crippen LogP contribution in [0.15, 0.2) is 18.2 Å². The van der Waals surface area contributed by atoms with Gasteiger partial charge in [0.05, 0.1) is 23.8 Å². The van der Waals surface area contributed by atoms with Crippen LogP contribution in [0.2, 0.25) is 5.02 Å². The van der Waals surface area contributed by atoms with Crippen LogP contribution >= 0.6 is 11.6 Å². The van der Waals surface area contributed by atoms with E-state index in [1.54, 1.807) is 6.07 Å². The zero-order valence-electron chi connectivity index (χ0n) is 11.3. The van der Waals surface area contributed by atoms with Crippen molar-refractivity contribution in [1.82, 2.24) is 10.2 Å². The van der Waals surface area contributed by atoms with Gasteiger partial charge in [-0.25, -0.2) is 4.39 Å². The van der Waals surface area contributed by atoms with E-state index in [4.69, 9.17) is 16.3 Å². The van der Waals surface area contributed by atoms with Gasteiger partial charge in [0.15, 0.2) is 0 Å². The monoisotopic (exact) mass is 286 g/mol. The number of benzene rings is 1. The molecule has 0 amide bonds. The summed E-state index contributed by atoms with van der Waals surface area (Å²) in [6.45, 7) is 5.27. The molecule has 3 nitrogen and oxygen atoms in total. The molecule has 1 aromatic carbocycles. The summed E-state index contributed by atoms with van der Waals surface area (Å²) in [5.74, 6) is -0.375. The van der Waals surface area contributed by atoms with Crippen molar-refractivity contribution in [1.29, 1.82) is 0 Å². The second-order valence-electron chi connectivity index (χ2n) is 4.82. The lowest BCUT2D eigenvalue weighted by Gasteiger charge is -2.39. The van der Waals surface area contributed by atoms with Gasteiger partial charge in [-0.05, 0) is 31.3 Å². The van der Waals surface area contributed by atoms with Gasteiger partial charge in [0.2, 0.25) is 0 Å². The maximum atomic E-state index is 13.6. The van der Waals surface area contributed by atoms with Crippen LogP contribution in [-0.2, 0) is 4.74 Å². The SMILES string of the molecule is CCNCC1OCCN(C)C1c1ccc(Cl)c(F)c1. The van der Waals surface area contributed by atoms with Gasteiger partial charge in [-0.2, -0.15) is 0 Å². The van der Waals surface area contributed by atoms with E-state index in [2.05, 4.69) is 17.1 Å². The molecule has 0 spiro atoms. The highest BCUT2D eigenvalue weighted by molar-refractivity contribution is 6.30. The zero-order valence-corrected chi connectivity index (χ0v) is 12.1. The van der Waals surface area contributed by atoms with E-state index in [9.17, 15) is 4.39 Å². The van der Waals surface area contributed by atoms with Crippen molar-refractivity contribution in [2.75, 3.05) is 33.3 Å². The number of halogens is 2. The highest BCUT2D eigenvalue weighted by Crippen LogP contribution is 2.30. The van der Waals surface area contributed by atoms with Gasteiger partial charge in [0.1, 0.15) is 5.82 Å². The van der Waals surface area contributed by atoms with Crippen LogP contribution in [0.4, 0.5) is 4.39 Å². The molecule has 0 aliphatic carbocycles. The van der Waals surface area contributed by atoms with Crippen molar-refractivity contribution < 1.29 is 9.13 Å². The summed E-state index contributed by atoms with van der Waals surface area (Å²) in [6.07, 6.45) is 0.0271. The van der Waals surface area contributed by atoms with Gasteiger partial charge >= 0.3 is 0 Å². The zero-order chi connectivity index (χ0) is 13.8. The minimum Gasteiger partial charge on any atom is -0.374 e. The molecule has 1 aliphatic rings. The van der Waals surface area contributed by atoms with E-state index >= 15 is 0 Å². The second kappa shape index (κ2) is 6.66. The van der Waals surface area contributed by atoms with Gasteiger partial charge in [0, 0.05) is 13.1 Å². The predicted octanol–water partition coefficient (Wildman–Crippen LogP) is 2.46. The lowest BCUT2D eigenvalue weighted by atomic mass is 9.98. The van der Waals surface area contributed by atoms with E-state index in [1.807, 2.05) is 13.1 Å².